The maximum absolute atomic E-state index is 6.05. The van der Waals surface area contributed by atoms with Crippen LogP contribution in [0, 0.1) is 0 Å². The van der Waals surface area contributed by atoms with Crippen molar-refractivity contribution in [3.05, 3.63) is 46.6 Å². The summed E-state index contributed by atoms with van der Waals surface area (Å²) in [7, 11) is 0. The van der Waals surface area contributed by atoms with Crippen LogP contribution in [0.5, 0.6) is 0 Å². The fourth-order valence-electron chi connectivity index (χ4n) is 1.63. The number of imidazole rings is 1. The van der Waals surface area contributed by atoms with Crippen molar-refractivity contribution in [2.24, 2.45) is 0 Å². The van der Waals surface area contributed by atoms with Crippen molar-refractivity contribution in [1.82, 2.24) is 15.0 Å². The number of fused-ring (bicyclic) bond motifs is 1. The summed E-state index contributed by atoms with van der Waals surface area (Å²) in [6.45, 7) is 0. The van der Waals surface area contributed by atoms with Crippen molar-refractivity contribution in [2.45, 2.75) is 0 Å². The quantitative estimate of drug-likeness (QED) is 0.723. The summed E-state index contributed by atoms with van der Waals surface area (Å²) in [6, 6.07) is 9.16. The fourth-order valence-corrected chi connectivity index (χ4v) is 1.94. The van der Waals surface area contributed by atoms with Crippen LogP contribution in [0.1, 0.15) is 0 Å². The molecule has 17 heavy (non-hydrogen) atoms. The summed E-state index contributed by atoms with van der Waals surface area (Å²) in [4.78, 5) is 11.7. The average molecular weight is 264 g/mol. The standard InChI is InChI=1S/C12H7Cl2N3/c13-8-3-1-7(2-4-8)11-16-10-9(14)5-6-15-12(10)17-11/h1-6H,(H,15,16,17). The molecule has 0 atom stereocenters. The van der Waals surface area contributed by atoms with Gasteiger partial charge in [-0.3, -0.25) is 0 Å². The van der Waals surface area contributed by atoms with E-state index in [9.17, 15) is 0 Å². The zero-order valence-corrected chi connectivity index (χ0v) is 10.1. The summed E-state index contributed by atoms with van der Waals surface area (Å²) in [5.74, 6) is 0.734. The summed E-state index contributed by atoms with van der Waals surface area (Å²) >= 11 is 11.9. The Kier molecular flexibility index (Phi) is 2.50. The molecule has 2 aromatic heterocycles. The Balaban J connectivity index is 2.18. The number of rotatable bonds is 1. The summed E-state index contributed by atoms with van der Waals surface area (Å²) in [6.07, 6.45) is 1.64. The Labute approximate surface area is 107 Å². The van der Waals surface area contributed by atoms with Gasteiger partial charge in [0.15, 0.2) is 5.65 Å². The van der Waals surface area contributed by atoms with E-state index in [2.05, 4.69) is 15.0 Å². The number of halogens is 2. The maximum atomic E-state index is 6.05. The normalized spacial score (nSPS) is 10.9. The van der Waals surface area contributed by atoms with E-state index in [0.29, 0.717) is 15.7 Å². The second-order valence-corrected chi connectivity index (χ2v) is 4.43. The minimum atomic E-state index is 0.613. The van der Waals surface area contributed by atoms with Crippen LogP contribution < -0.4 is 0 Å². The SMILES string of the molecule is Clc1ccc(-c2nc3nccc(Cl)c3[nH]2)cc1. The van der Waals surface area contributed by atoms with Gasteiger partial charge in [-0.1, -0.05) is 23.2 Å². The Bertz CT molecular complexity index is 674. The molecular formula is C12H7Cl2N3. The predicted octanol–water partition coefficient (Wildman–Crippen LogP) is 3.93. The van der Waals surface area contributed by atoms with Crippen LogP contribution >= 0.6 is 23.2 Å². The van der Waals surface area contributed by atoms with Gasteiger partial charge in [0.05, 0.1) is 5.02 Å². The zero-order chi connectivity index (χ0) is 11.8. The lowest BCUT2D eigenvalue weighted by Gasteiger charge is -1.95. The van der Waals surface area contributed by atoms with Crippen molar-refractivity contribution in [1.29, 1.82) is 0 Å². The molecule has 3 aromatic rings. The van der Waals surface area contributed by atoms with Crippen molar-refractivity contribution in [3.63, 3.8) is 0 Å². The van der Waals surface area contributed by atoms with Gasteiger partial charge in [-0.25, -0.2) is 9.97 Å². The molecule has 3 nitrogen and oxygen atoms in total. The van der Waals surface area contributed by atoms with E-state index in [-0.39, 0.29) is 0 Å². The van der Waals surface area contributed by atoms with Crippen LogP contribution in [-0.4, -0.2) is 15.0 Å². The molecule has 1 aromatic carbocycles. The minimum absolute atomic E-state index is 0.613. The molecule has 0 saturated carbocycles. The molecule has 0 saturated heterocycles. The van der Waals surface area contributed by atoms with Gasteiger partial charge in [-0.2, -0.15) is 0 Å². The van der Waals surface area contributed by atoms with Gasteiger partial charge in [0.25, 0.3) is 0 Å². The molecule has 0 aliphatic carbocycles. The molecule has 2 heterocycles. The van der Waals surface area contributed by atoms with Crippen LogP contribution in [0.3, 0.4) is 0 Å². The highest BCUT2D eigenvalue weighted by molar-refractivity contribution is 6.34. The van der Waals surface area contributed by atoms with Crippen molar-refractivity contribution in [2.75, 3.05) is 0 Å². The Morgan fingerprint density at radius 3 is 2.47 bits per heavy atom. The van der Waals surface area contributed by atoms with E-state index < -0.39 is 0 Å². The Morgan fingerprint density at radius 2 is 1.76 bits per heavy atom. The molecule has 1 N–H and O–H groups in total. The predicted molar refractivity (Wildman–Crippen MR) is 69.3 cm³/mol. The third kappa shape index (κ3) is 1.88. The number of aromatic amines is 1. The highest BCUT2D eigenvalue weighted by Gasteiger charge is 2.08. The number of benzene rings is 1. The molecule has 84 valence electrons. The molecular weight excluding hydrogens is 257 g/mol. The van der Waals surface area contributed by atoms with Crippen molar-refractivity contribution < 1.29 is 0 Å². The number of nitrogens with one attached hydrogen (secondary N) is 1. The minimum Gasteiger partial charge on any atom is -0.335 e. The molecule has 0 amide bonds. The van der Waals surface area contributed by atoms with Gasteiger partial charge in [-0.05, 0) is 30.3 Å². The summed E-state index contributed by atoms with van der Waals surface area (Å²) < 4.78 is 0. The lowest BCUT2D eigenvalue weighted by Crippen LogP contribution is -1.79. The number of hydrogen-bond acceptors (Lipinski definition) is 2. The topological polar surface area (TPSA) is 41.6 Å². The second kappa shape index (κ2) is 4.02. The molecule has 5 heteroatoms. The fraction of sp³-hybridized carbons (Fsp3) is 0. The van der Waals surface area contributed by atoms with Gasteiger partial charge in [0, 0.05) is 16.8 Å². The Hall–Kier alpha value is -1.58. The third-order valence-electron chi connectivity index (χ3n) is 2.46. The zero-order valence-electron chi connectivity index (χ0n) is 8.61. The molecule has 0 aliphatic rings. The first-order chi connectivity index (χ1) is 8.24. The lowest BCUT2D eigenvalue weighted by molar-refractivity contribution is 1.30. The summed E-state index contributed by atoms with van der Waals surface area (Å²) in [5, 5.41) is 1.31. The molecule has 0 spiro atoms. The number of pyridine rings is 1. The second-order valence-electron chi connectivity index (χ2n) is 3.58. The van der Waals surface area contributed by atoms with Crippen LogP contribution in [0.2, 0.25) is 10.0 Å². The first kappa shape index (κ1) is 10.6. The maximum Gasteiger partial charge on any atom is 0.179 e. The molecule has 3 rings (SSSR count). The van der Waals surface area contributed by atoms with E-state index in [1.54, 1.807) is 12.3 Å². The van der Waals surface area contributed by atoms with E-state index in [4.69, 9.17) is 23.2 Å². The summed E-state index contributed by atoms with van der Waals surface area (Å²) in [5.41, 5.74) is 2.31. The van der Waals surface area contributed by atoms with Gasteiger partial charge in [0.2, 0.25) is 0 Å². The van der Waals surface area contributed by atoms with Gasteiger partial charge in [0.1, 0.15) is 11.3 Å². The molecule has 0 aliphatic heterocycles. The van der Waals surface area contributed by atoms with Crippen molar-refractivity contribution >= 4 is 34.4 Å². The highest BCUT2D eigenvalue weighted by Crippen LogP contribution is 2.24. The first-order valence-corrected chi connectivity index (χ1v) is 5.76. The van der Waals surface area contributed by atoms with E-state index in [1.807, 2.05) is 24.3 Å². The average Bonchev–Trinajstić information content (AvgIpc) is 2.75. The van der Waals surface area contributed by atoms with Crippen molar-refractivity contribution in [3.8, 4) is 11.4 Å². The number of hydrogen-bond donors (Lipinski definition) is 1. The monoisotopic (exact) mass is 263 g/mol. The van der Waals surface area contributed by atoms with Crippen LogP contribution in [0.4, 0.5) is 0 Å². The first-order valence-electron chi connectivity index (χ1n) is 5.00. The molecule has 0 unspecified atom stereocenters. The highest BCUT2D eigenvalue weighted by atomic mass is 35.5. The van der Waals surface area contributed by atoms with Crippen LogP contribution in [0.15, 0.2) is 36.5 Å². The van der Waals surface area contributed by atoms with E-state index in [1.165, 1.54) is 0 Å². The lowest BCUT2D eigenvalue weighted by atomic mass is 10.2. The van der Waals surface area contributed by atoms with Gasteiger partial charge in [-0.15, -0.1) is 0 Å². The molecule has 0 bridgehead atoms. The number of nitrogens with zero attached hydrogens (tertiary/aromatic N) is 2. The Morgan fingerprint density at radius 1 is 1.00 bits per heavy atom. The van der Waals surface area contributed by atoms with Crippen LogP contribution in [0.25, 0.3) is 22.6 Å². The van der Waals surface area contributed by atoms with Gasteiger partial charge >= 0.3 is 0 Å². The number of H-pyrrole nitrogens is 1. The van der Waals surface area contributed by atoms with E-state index in [0.717, 1.165) is 16.9 Å². The molecule has 0 radical (unpaired) electrons. The van der Waals surface area contributed by atoms with Crippen LogP contribution in [-0.2, 0) is 0 Å². The largest absolute Gasteiger partial charge is 0.335 e. The number of aromatic nitrogens is 3. The molecule has 0 fully saturated rings. The van der Waals surface area contributed by atoms with Gasteiger partial charge < -0.3 is 4.98 Å². The third-order valence-corrected chi connectivity index (χ3v) is 3.03. The smallest absolute Gasteiger partial charge is 0.179 e. The van der Waals surface area contributed by atoms with E-state index >= 15 is 0 Å².